The molecular weight excluding hydrogens is 236 g/mol. The Bertz CT molecular complexity index is 119. The average Bonchev–Trinajstić information content (AvgIpc) is 1.25. The Morgan fingerprint density at radius 2 is 1.25 bits per heavy atom. The van der Waals surface area contributed by atoms with Gasteiger partial charge in [-0.05, 0) is 22.5 Å². The number of alkyl halides is 3. The third kappa shape index (κ3) is 3.00. The van der Waals surface area contributed by atoms with Gasteiger partial charge in [0, 0.05) is 0 Å². The fourth-order valence-electron chi connectivity index (χ4n) is 0. The molecule has 0 aromatic carbocycles. The lowest BCUT2D eigenvalue weighted by atomic mass is 11.8. The van der Waals surface area contributed by atoms with Crippen molar-refractivity contribution in [3.05, 3.63) is 0 Å². The van der Waals surface area contributed by atoms with E-state index in [1.54, 1.807) is 0 Å². The summed E-state index contributed by atoms with van der Waals surface area (Å²) in [6.07, 6.45) is 0. The van der Waals surface area contributed by atoms with Crippen LogP contribution in [0.5, 0.6) is 0 Å². The zero-order valence-corrected chi connectivity index (χ0v) is 7.92. The first kappa shape index (κ1) is 9.68. The summed E-state index contributed by atoms with van der Waals surface area (Å²) in [5.74, 6) is -3.61. The summed E-state index contributed by atoms with van der Waals surface area (Å²) in [4.78, 5) is 0. The highest BCUT2D eigenvalue weighted by Gasteiger charge is 2.40. The van der Waals surface area contributed by atoms with Crippen LogP contribution < -0.4 is 0 Å². The van der Waals surface area contributed by atoms with Gasteiger partial charge >= 0.3 is 5.85 Å². The molecule has 0 N–H and O–H groups in total. The second-order valence-electron chi connectivity index (χ2n) is 0.930. The molecule has 0 saturated carbocycles. The van der Waals surface area contributed by atoms with E-state index in [1.165, 1.54) is 0 Å². The van der Waals surface area contributed by atoms with Crippen LogP contribution in [-0.2, 0) is 4.57 Å². The molecule has 0 radical (unpaired) electrons. The van der Waals surface area contributed by atoms with Gasteiger partial charge in [-0.15, -0.1) is 0 Å². The molecule has 1 nitrogen and oxygen atoms in total. The zero-order chi connectivity index (χ0) is 7.00. The first-order chi connectivity index (χ1) is 3.25. The Hall–Kier alpha value is 1.68. The SMILES string of the molecule is O=P(Cl)(Cl)C(Cl)(Cl)Cl. The van der Waals surface area contributed by atoms with Gasteiger partial charge in [0.15, 0.2) is 0 Å². The Balaban J connectivity index is 4.26. The Kier molecular flexibility index (Phi) is 3.31. The molecule has 0 aliphatic rings. The highest BCUT2D eigenvalue weighted by atomic mass is 35.9. The second kappa shape index (κ2) is 2.74. The van der Waals surface area contributed by atoms with E-state index in [1.807, 2.05) is 0 Å². The van der Waals surface area contributed by atoms with E-state index in [2.05, 4.69) is 0 Å². The summed E-state index contributed by atoms with van der Waals surface area (Å²) in [6.45, 7) is 0. The van der Waals surface area contributed by atoms with Crippen molar-refractivity contribution in [3.63, 3.8) is 0 Å². The fourth-order valence-corrected chi connectivity index (χ4v) is 0. The molecule has 50 valence electrons. The summed E-state index contributed by atoms with van der Waals surface area (Å²) < 4.78 is 8.31. The molecule has 0 saturated heterocycles. The predicted molar refractivity (Wildman–Crippen MR) is 39.6 cm³/mol. The van der Waals surface area contributed by atoms with Crippen molar-refractivity contribution in [1.82, 2.24) is 0 Å². The van der Waals surface area contributed by atoms with Crippen molar-refractivity contribution in [3.8, 4) is 0 Å². The van der Waals surface area contributed by atoms with Crippen molar-refractivity contribution in [2.75, 3.05) is 0 Å². The van der Waals surface area contributed by atoms with Crippen LogP contribution in [0.1, 0.15) is 0 Å². The van der Waals surface area contributed by atoms with Crippen LogP contribution in [0.3, 0.4) is 0 Å². The number of rotatable bonds is 0. The summed E-state index contributed by atoms with van der Waals surface area (Å²) in [7, 11) is 0. The average molecular weight is 236 g/mol. The van der Waals surface area contributed by atoms with Gasteiger partial charge in [0.25, 0.3) is 3.53 Å². The lowest BCUT2D eigenvalue weighted by Crippen LogP contribution is -1.92. The lowest BCUT2D eigenvalue weighted by molar-refractivity contribution is 0.593. The molecule has 0 bridgehead atoms. The first-order valence-electron chi connectivity index (χ1n) is 1.31. The van der Waals surface area contributed by atoms with E-state index in [0.717, 1.165) is 0 Å². The third-order valence-corrected chi connectivity index (χ3v) is 6.11. The Labute approximate surface area is 71.1 Å². The van der Waals surface area contributed by atoms with E-state index in [9.17, 15) is 4.57 Å². The van der Waals surface area contributed by atoms with Crippen LogP contribution in [0.2, 0.25) is 0 Å². The maximum absolute atomic E-state index is 10.4. The van der Waals surface area contributed by atoms with Crippen molar-refractivity contribution in [2.24, 2.45) is 0 Å². The van der Waals surface area contributed by atoms with E-state index in [4.69, 9.17) is 57.3 Å². The number of halogens is 5. The topological polar surface area (TPSA) is 17.1 Å². The van der Waals surface area contributed by atoms with Crippen LogP contribution in [0, 0.1) is 0 Å². The zero-order valence-electron chi connectivity index (χ0n) is 3.25. The van der Waals surface area contributed by atoms with E-state index in [-0.39, 0.29) is 0 Å². The molecule has 0 rings (SSSR count). The predicted octanol–water partition coefficient (Wildman–Crippen LogP) is 3.98. The smallest absolute Gasteiger partial charge is 0.285 e. The van der Waals surface area contributed by atoms with Crippen LogP contribution in [0.25, 0.3) is 0 Å². The minimum absolute atomic E-state index is 2.06. The molecule has 0 unspecified atom stereocenters. The Morgan fingerprint density at radius 1 is 1.12 bits per heavy atom. The molecule has 0 fully saturated rings. The normalized spacial score (nSPS) is 14.1. The molecule has 0 heterocycles. The van der Waals surface area contributed by atoms with Gasteiger partial charge in [0.2, 0.25) is 0 Å². The van der Waals surface area contributed by atoms with Gasteiger partial charge < -0.3 is 0 Å². The van der Waals surface area contributed by atoms with Crippen molar-refractivity contribution in [2.45, 2.75) is 3.53 Å². The lowest BCUT2D eigenvalue weighted by Gasteiger charge is -2.09. The molecule has 0 atom stereocenters. The van der Waals surface area contributed by atoms with E-state index in [0.29, 0.717) is 0 Å². The molecule has 0 aromatic heterocycles. The van der Waals surface area contributed by atoms with Crippen molar-refractivity contribution >= 4 is 63.1 Å². The largest absolute Gasteiger partial charge is 0.302 e. The summed E-state index contributed by atoms with van der Waals surface area (Å²) in [5.41, 5.74) is 0. The van der Waals surface area contributed by atoms with Gasteiger partial charge in [-0.25, -0.2) is 0 Å². The minimum atomic E-state index is -3.61. The molecule has 7 heteroatoms. The quantitative estimate of drug-likeness (QED) is 0.459. The van der Waals surface area contributed by atoms with Crippen LogP contribution >= 0.6 is 63.1 Å². The fraction of sp³-hybridized carbons (Fsp3) is 1.00. The molecule has 0 spiro atoms. The van der Waals surface area contributed by atoms with Gasteiger partial charge in [0.05, 0.1) is 0 Å². The summed E-state index contributed by atoms with van der Waals surface area (Å²) in [5, 5.41) is 0. The van der Waals surface area contributed by atoms with Gasteiger partial charge in [-0.1, -0.05) is 34.8 Å². The van der Waals surface area contributed by atoms with E-state index >= 15 is 0 Å². The highest BCUT2D eigenvalue weighted by Crippen LogP contribution is 2.72. The first-order valence-corrected chi connectivity index (χ1v) is 5.96. The van der Waals surface area contributed by atoms with Crippen LogP contribution in [0.15, 0.2) is 0 Å². The van der Waals surface area contributed by atoms with Crippen molar-refractivity contribution < 1.29 is 4.57 Å². The van der Waals surface area contributed by atoms with Gasteiger partial charge in [-0.3, -0.25) is 4.57 Å². The maximum atomic E-state index is 10.4. The molecule has 0 aliphatic heterocycles. The number of hydrogen-bond donors (Lipinski definition) is 0. The van der Waals surface area contributed by atoms with Gasteiger partial charge in [0.1, 0.15) is 0 Å². The Morgan fingerprint density at radius 3 is 1.25 bits per heavy atom. The third-order valence-electron chi connectivity index (χ3n) is 0.295. The minimum Gasteiger partial charge on any atom is -0.285 e. The second-order valence-corrected chi connectivity index (χ2v) is 8.97. The van der Waals surface area contributed by atoms with Crippen molar-refractivity contribution in [1.29, 1.82) is 0 Å². The molecule has 0 aliphatic carbocycles. The molecule has 0 amide bonds. The highest BCUT2D eigenvalue weighted by molar-refractivity contribution is 8.12. The van der Waals surface area contributed by atoms with Crippen LogP contribution in [-0.4, -0.2) is 3.53 Å². The molecular formula is CCl5OP. The monoisotopic (exact) mass is 234 g/mol. The van der Waals surface area contributed by atoms with Crippen LogP contribution in [0.4, 0.5) is 0 Å². The molecule has 0 aromatic rings. The standard InChI is InChI=1S/CCl5OP/c2-1(3,4)8(5,6)7. The summed E-state index contributed by atoms with van der Waals surface area (Å²) in [6, 6.07) is 0. The maximum Gasteiger partial charge on any atom is 0.302 e. The molecule has 8 heavy (non-hydrogen) atoms. The summed E-state index contributed by atoms with van der Waals surface area (Å²) >= 11 is 24.9. The van der Waals surface area contributed by atoms with E-state index < -0.39 is 9.38 Å². The van der Waals surface area contributed by atoms with Gasteiger partial charge in [-0.2, -0.15) is 0 Å². The number of hydrogen-bond acceptors (Lipinski definition) is 1.